The van der Waals surface area contributed by atoms with Gasteiger partial charge in [0.15, 0.2) is 0 Å². The monoisotopic (exact) mass is 377 g/mol. The first kappa shape index (κ1) is 21.4. The number of piperidine rings is 1. The van der Waals surface area contributed by atoms with E-state index in [-0.39, 0.29) is 11.6 Å². The van der Waals surface area contributed by atoms with Crippen molar-refractivity contribution in [2.75, 3.05) is 24.5 Å². The maximum Gasteiger partial charge on any atom is 0.408 e. The Bertz CT molecular complexity index is 619. The second-order valence-corrected chi connectivity index (χ2v) is 8.87. The van der Waals surface area contributed by atoms with Gasteiger partial charge >= 0.3 is 6.09 Å². The van der Waals surface area contributed by atoms with E-state index in [1.807, 2.05) is 34.6 Å². The number of ether oxygens (including phenoxy) is 1. The number of nitrogens with one attached hydrogen (secondary N) is 2. The summed E-state index contributed by atoms with van der Waals surface area (Å²) in [6.45, 7) is 14.4. The molecule has 0 unspecified atom stereocenters. The molecule has 0 radical (unpaired) electrons. The van der Waals surface area contributed by atoms with E-state index < -0.39 is 5.60 Å². The minimum atomic E-state index is -0.487. The second-order valence-electron chi connectivity index (χ2n) is 8.87. The Balaban J connectivity index is 1.77. The quantitative estimate of drug-likeness (QED) is 0.794. The van der Waals surface area contributed by atoms with Crippen LogP contribution in [-0.4, -0.2) is 52.9 Å². The van der Waals surface area contributed by atoms with Gasteiger partial charge in [-0.25, -0.2) is 14.8 Å². The van der Waals surface area contributed by atoms with Crippen molar-refractivity contribution in [3.8, 4) is 0 Å². The molecule has 1 aliphatic heterocycles. The second kappa shape index (κ2) is 8.87. The summed E-state index contributed by atoms with van der Waals surface area (Å²) in [5, 5.41) is 6.54. The zero-order valence-corrected chi connectivity index (χ0v) is 17.6. The minimum absolute atomic E-state index is 0.373. The van der Waals surface area contributed by atoms with Gasteiger partial charge in [-0.15, -0.1) is 0 Å². The molecule has 2 N–H and O–H groups in total. The number of rotatable bonds is 6. The van der Waals surface area contributed by atoms with E-state index in [9.17, 15) is 4.79 Å². The van der Waals surface area contributed by atoms with E-state index in [1.165, 1.54) is 0 Å². The largest absolute Gasteiger partial charge is 0.444 e. The Labute approximate surface area is 163 Å². The number of carbonyl (C=O) groups excluding carboxylic acids is 1. The minimum Gasteiger partial charge on any atom is -0.444 e. The molecule has 0 bridgehead atoms. The molecule has 1 aromatic heterocycles. The summed E-state index contributed by atoms with van der Waals surface area (Å²) in [7, 11) is 0. The lowest BCUT2D eigenvalue weighted by molar-refractivity contribution is 0.0470. The molecule has 7 heteroatoms. The van der Waals surface area contributed by atoms with Crippen LogP contribution >= 0.6 is 0 Å². The van der Waals surface area contributed by atoms with E-state index in [2.05, 4.69) is 38.5 Å². The summed E-state index contributed by atoms with van der Waals surface area (Å²) in [5.41, 5.74) is 0.219. The van der Waals surface area contributed by atoms with E-state index in [0.717, 1.165) is 43.9 Å². The highest BCUT2D eigenvalue weighted by Crippen LogP contribution is 2.19. The number of hydrogen-bond donors (Lipinski definition) is 2. The lowest BCUT2D eigenvalue weighted by Gasteiger charge is -2.35. The highest BCUT2D eigenvalue weighted by molar-refractivity contribution is 5.68. The third-order valence-corrected chi connectivity index (χ3v) is 4.56. The molecule has 2 rings (SSSR count). The molecule has 0 aromatic carbocycles. The molecule has 1 saturated heterocycles. The van der Waals surface area contributed by atoms with Crippen LogP contribution in [0.4, 0.5) is 10.6 Å². The summed E-state index contributed by atoms with van der Waals surface area (Å²) in [6.07, 6.45) is 4.30. The molecule has 1 aromatic rings. The molecule has 7 nitrogen and oxygen atoms in total. The van der Waals surface area contributed by atoms with Crippen molar-refractivity contribution < 1.29 is 9.53 Å². The fraction of sp³-hybridized carbons (Fsp3) is 0.750. The lowest BCUT2D eigenvalue weighted by atomic mass is 10.0. The number of aromatic nitrogens is 2. The highest BCUT2D eigenvalue weighted by Gasteiger charge is 2.27. The first-order valence-corrected chi connectivity index (χ1v) is 9.88. The van der Waals surface area contributed by atoms with Crippen molar-refractivity contribution in [1.29, 1.82) is 0 Å². The van der Waals surface area contributed by atoms with Crippen LogP contribution in [0, 0.1) is 0 Å². The number of anilines is 1. The molecular weight excluding hydrogens is 342 g/mol. The van der Waals surface area contributed by atoms with Crippen LogP contribution < -0.4 is 15.5 Å². The summed E-state index contributed by atoms with van der Waals surface area (Å²) in [5.74, 6) is 1.02. The van der Waals surface area contributed by atoms with Crippen molar-refractivity contribution in [3.05, 3.63) is 18.1 Å². The van der Waals surface area contributed by atoms with Crippen molar-refractivity contribution >= 4 is 11.9 Å². The van der Waals surface area contributed by atoms with Gasteiger partial charge in [-0.3, -0.25) is 0 Å². The molecule has 27 heavy (non-hydrogen) atoms. The van der Waals surface area contributed by atoms with Crippen LogP contribution in [0.5, 0.6) is 0 Å². The topological polar surface area (TPSA) is 79.4 Å². The molecule has 1 aliphatic rings. The lowest BCUT2D eigenvalue weighted by Crippen LogP contribution is -2.54. The van der Waals surface area contributed by atoms with Crippen LogP contribution in [0.1, 0.15) is 60.1 Å². The fourth-order valence-corrected chi connectivity index (χ4v) is 3.09. The van der Waals surface area contributed by atoms with Gasteiger partial charge in [0.05, 0.1) is 5.54 Å². The van der Waals surface area contributed by atoms with Gasteiger partial charge in [0, 0.05) is 37.4 Å². The maximum absolute atomic E-state index is 12.0. The predicted octanol–water partition coefficient (Wildman–Crippen LogP) is 2.90. The first-order chi connectivity index (χ1) is 12.6. The number of carbonyl (C=O) groups is 1. The van der Waals surface area contributed by atoms with Crippen LogP contribution in [0.2, 0.25) is 0 Å². The summed E-state index contributed by atoms with van der Waals surface area (Å²) in [6, 6.07) is 2.52. The fourth-order valence-electron chi connectivity index (χ4n) is 3.09. The van der Waals surface area contributed by atoms with E-state index in [4.69, 9.17) is 4.74 Å². The van der Waals surface area contributed by atoms with Crippen molar-refractivity contribution in [1.82, 2.24) is 20.6 Å². The van der Waals surface area contributed by atoms with Crippen LogP contribution in [0.15, 0.2) is 12.4 Å². The summed E-state index contributed by atoms with van der Waals surface area (Å²) in [4.78, 5) is 23.0. The zero-order valence-electron chi connectivity index (χ0n) is 17.6. The van der Waals surface area contributed by atoms with Gasteiger partial charge in [0.1, 0.15) is 17.7 Å². The van der Waals surface area contributed by atoms with Gasteiger partial charge in [-0.1, -0.05) is 6.92 Å². The van der Waals surface area contributed by atoms with E-state index >= 15 is 0 Å². The Morgan fingerprint density at radius 3 is 2.48 bits per heavy atom. The number of nitrogens with zero attached hydrogens (tertiary/aromatic N) is 3. The smallest absolute Gasteiger partial charge is 0.408 e. The number of hydrogen-bond acceptors (Lipinski definition) is 6. The number of aryl methyl sites for hydroxylation is 1. The van der Waals surface area contributed by atoms with E-state index in [0.29, 0.717) is 12.6 Å². The van der Waals surface area contributed by atoms with Gasteiger partial charge in [-0.2, -0.15) is 0 Å². The van der Waals surface area contributed by atoms with Gasteiger partial charge in [0.2, 0.25) is 0 Å². The standard InChI is InChI=1S/C20H35N5O2/c1-7-15-12-17(23-14-22-15)25-10-8-16(9-11-25)21-13-20(5,6)24-18(26)27-19(2,3)4/h12,14,16,21H,7-11,13H2,1-6H3,(H,24,26). The molecule has 152 valence electrons. The molecule has 0 atom stereocenters. The normalized spacial score (nSPS) is 16.3. The first-order valence-electron chi connectivity index (χ1n) is 9.88. The molecular formula is C20H35N5O2. The Kier molecular flexibility index (Phi) is 7.03. The van der Waals surface area contributed by atoms with Crippen LogP contribution in [-0.2, 0) is 11.2 Å². The third-order valence-electron chi connectivity index (χ3n) is 4.56. The summed E-state index contributed by atoms with van der Waals surface area (Å²) < 4.78 is 5.35. The zero-order chi connectivity index (χ0) is 20.1. The summed E-state index contributed by atoms with van der Waals surface area (Å²) >= 11 is 0. The third kappa shape index (κ3) is 7.33. The van der Waals surface area contributed by atoms with Crippen LogP contribution in [0.3, 0.4) is 0 Å². The van der Waals surface area contributed by atoms with E-state index in [1.54, 1.807) is 6.33 Å². The van der Waals surface area contributed by atoms with Crippen molar-refractivity contribution in [2.24, 2.45) is 0 Å². The van der Waals surface area contributed by atoms with Gasteiger partial charge < -0.3 is 20.3 Å². The maximum atomic E-state index is 12.0. The molecule has 0 aliphatic carbocycles. The average molecular weight is 378 g/mol. The van der Waals surface area contributed by atoms with Gasteiger partial charge in [-0.05, 0) is 53.9 Å². The van der Waals surface area contributed by atoms with Crippen molar-refractivity contribution in [2.45, 2.75) is 78.0 Å². The van der Waals surface area contributed by atoms with Crippen LogP contribution in [0.25, 0.3) is 0 Å². The SMILES string of the molecule is CCc1cc(N2CCC(NCC(C)(C)NC(=O)OC(C)(C)C)CC2)ncn1. The Hall–Kier alpha value is -1.89. The molecule has 0 saturated carbocycles. The number of amides is 1. The Morgan fingerprint density at radius 2 is 1.89 bits per heavy atom. The molecule has 2 heterocycles. The highest BCUT2D eigenvalue weighted by atomic mass is 16.6. The average Bonchev–Trinajstić information content (AvgIpc) is 2.58. The number of alkyl carbamates (subject to hydrolysis) is 1. The molecule has 1 fully saturated rings. The predicted molar refractivity (Wildman–Crippen MR) is 108 cm³/mol. The Morgan fingerprint density at radius 1 is 1.22 bits per heavy atom. The van der Waals surface area contributed by atoms with Crippen molar-refractivity contribution in [3.63, 3.8) is 0 Å². The molecule has 0 spiro atoms. The molecule has 1 amide bonds. The van der Waals surface area contributed by atoms with Gasteiger partial charge in [0.25, 0.3) is 0 Å².